The minimum Gasteiger partial charge on any atom is -0.478 e. The van der Waals surface area contributed by atoms with Gasteiger partial charge >= 0.3 is 5.97 Å². The summed E-state index contributed by atoms with van der Waals surface area (Å²) in [5, 5.41) is 8.62. The third-order valence-electron chi connectivity index (χ3n) is 1.50. The fraction of sp³-hybridized carbons (Fsp3) is 0.125. The summed E-state index contributed by atoms with van der Waals surface area (Å²) in [6.45, 7) is 0. The van der Waals surface area contributed by atoms with Gasteiger partial charge in [-0.05, 0) is 12.1 Å². The van der Waals surface area contributed by atoms with Crippen molar-refractivity contribution in [3.8, 4) is 0 Å². The monoisotopic (exact) mass is 399 g/mol. The Kier molecular flexibility index (Phi) is 4.02. The summed E-state index contributed by atoms with van der Waals surface area (Å²) >= 11 is 9.17. The number of aromatic nitrogens is 1. The Balaban J connectivity index is 3.00. The Hall–Kier alpha value is -0.270. The number of halogens is 3. The van der Waals surface area contributed by atoms with Crippen LogP contribution in [0, 0.1) is 0 Å². The van der Waals surface area contributed by atoms with Gasteiger partial charge in [0.15, 0.2) is 2.14 Å². The summed E-state index contributed by atoms with van der Waals surface area (Å²) in [4.78, 5) is 25.9. The van der Waals surface area contributed by atoms with Crippen molar-refractivity contribution in [2.45, 2.75) is 2.14 Å². The minimum atomic E-state index is -1.08. The summed E-state index contributed by atoms with van der Waals surface area (Å²) in [5.74, 6) is -1.43. The number of ketones is 1. The molecule has 0 radical (unpaired) electrons. The lowest BCUT2D eigenvalue weighted by Crippen LogP contribution is -2.18. The topological polar surface area (TPSA) is 67.3 Å². The SMILES string of the molecule is O=C(O)c1ccc(C(=O)C(Br)(Br)Br)nc1. The van der Waals surface area contributed by atoms with Gasteiger partial charge in [0.1, 0.15) is 5.69 Å². The van der Waals surface area contributed by atoms with E-state index in [0.717, 1.165) is 6.20 Å². The van der Waals surface area contributed by atoms with E-state index >= 15 is 0 Å². The Morgan fingerprint density at radius 1 is 1.27 bits per heavy atom. The van der Waals surface area contributed by atoms with Crippen molar-refractivity contribution in [2.75, 3.05) is 0 Å². The van der Waals surface area contributed by atoms with Crippen LogP contribution in [0.5, 0.6) is 0 Å². The van der Waals surface area contributed by atoms with Crippen molar-refractivity contribution in [3.63, 3.8) is 0 Å². The quantitative estimate of drug-likeness (QED) is 0.611. The van der Waals surface area contributed by atoms with Crippen LogP contribution in [0.4, 0.5) is 0 Å². The van der Waals surface area contributed by atoms with Crippen LogP contribution in [-0.4, -0.2) is 24.0 Å². The number of hydrogen-bond acceptors (Lipinski definition) is 3. The van der Waals surface area contributed by atoms with Crippen molar-refractivity contribution in [1.82, 2.24) is 4.98 Å². The number of carbonyl (C=O) groups is 2. The van der Waals surface area contributed by atoms with E-state index in [1.807, 2.05) is 0 Å². The first-order valence-electron chi connectivity index (χ1n) is 3.63. The number of hydrogen-bond donors (Lipinski definition) is 1. The molecule has 0 amide bonds. The van der Waals surface area contributed by atoms with Crippen LogP contribution in [0.3, 0.4) is 0 Å². The molecule has 0 saturated carbocycles. The zero-order chi connectivity index (χ0) is 11.6. The van der Waals surface area contributed by atoms with E-state index in [1.54, 1.807) is 0 Å². The molecular weight excluding hydrogens is 398 g/mol. The van der Waals surface area contributed by atoms with Crippen LogP contribution < -0.4 is 0 Å². The van der Waals surface area contributed by atoms with E-state index in [9.17, 15) is 9.59 Å². The van der Waals surface area contributed by atoms with Gasteiger partial charge in [0.05, 0.1) is 5.56 Å². The first-order chi connectivity index (χ1) is 6.82. The molecule has 0 aliphatic carbocycles. The second kappa shape index (κ2) is 4.71. The van der Waals surface area contributed by atoms with Gasteiger partial charge in [0, 0.05) is 6.20 Å². The number of alkyl halides is 3. The molecule has 80 valence electrons. The zero-order valence-corrected chi connectivity index (χ0v) is 11.8. The highest BCUT2D eigenvalue weighted by atomic mass is 80.0. The Morgan fingerprint density at radius 3 is 2.20 bits per heavy atom. The molecule has 0 fully saturated rings. The Morgan fingerprint density at radius 2 is 1.87 bits per heavy atom. The highest BCUT2D eigenvalue weighted by Crippen LogP contribution is 2.36. The van der Waals surface area contributed by atoms with Gasteiger partial charge in [0.25, 0.3) is 0 Å². The van der Waals surface area contributed by atoms with Crippen LogP contribution in [-0.2, 0) is 0 Å². The van der Waals surface area contributed by atoms with Gasteiger partial charge in [-0.2, -0.15) is 0 Å². The lowest BCUT2D eigenvalue weighted by molar-refractivity contribution is 0.0695. The van der Waals surface area contributed by atoms with Gasteiger partial charge in [-0.3, -0.25) is 9.78 Å². The first-order valence-corrected chi connectivity index (χ1v) is 6.01. The van der Waals surface area contributed by atoms with E-state index in [2.05, 4.69) is 52.8 Å². The van der Waals surface area contributed by atoms with Gasteiger partial charge < -0.3 is 5.11 Å². The number of nitrogens with zero attached hydrogens (tertiary/aromatic N) is 1. The van der Waals surface area contributed by atoms with Crippen LogP contribution >= 0.6 is 47.8 Å². The highest BCUT2D eigenvalue weighted by Gasteiger charge is 2.30. The summed E-state index contributed by atoms with van der Waals surface area (Å²) < 4.78 is -1.06. The number of rotatable bonds is 2. The molecule has 0 atom stereocenters. The molecule has 0 unspecified atom stereocenters. The lowest BCUT2D eigenvalue weighted by Gasteiger charge is -2.09. The van der Waals surface area contributed by atoms with Crippen molar-refractivity contribution in [3.05, 3.63) is 29.6 Å². The molecule has 0 spiro atoms. The van der Waals surface area contributed by atoms with E-state index in [1.165, 1.54) is 12.1 Å². The molecule has 1 heterocycles. The van der Waals surface area contributed by atoms with Crippen LogP contribution in [0.2, 0.25) is 0 Å². The van der Waals surface area contributed by atoms with E-state index < -0.39 is 8.11 Å². The van der Waals surface area contributed by atoms with Crippen LogP contribution in [0.15, 0.2) is 18.3 Å². The Labute approximate surface area is 110 Å². The standard InChI is InChI=1S/C8H4Br3NO3/c9-8(10,11)6(13)5-2-1-4(3-12-5)7(14)15/h1-3H,(H,14,15). The molecule has 1 N–H and O–H groups in total. The fourth-order valence-corrected chi connectivity index (χ4v) is 1.41. The van der Waals surface area contributed by atoms with Crippen molar-refractivity contribution >= 4 is 59.5 Å². The predicted octanol–water partition coefficient (Wildman–Crippen LogP) is 2.80. The average molecular weight is 402 g/mol. The summed E-state index contributed by atoms with van der Waals surface area (Å²) in [6, 6.07) is 2.67. The number of pyridine rings is 1. The fourth-order valence-electron chi connectivity index (χ4n) is 0.800. The number of aromatic carboxylic acids is 1. The molecule has 0 bridgehead atoms. The average Bonchev–Trinajstić information content (AvgIpc) is 2.15. The van der Waals surface area contributed by atoms with Crippen molar-refractivity contribution < 1.29 is 14.7 Å². The maximum absolute atomic E-state index is 11.6. The second-order valence-electron chi connectivity index (χ2n) is 2.56. The molecule has 7 heteroatoms. The number of Topliss-reactive ketones (excluding diaryl/α,β-unsaturated/α-hetero) is 1. The molecule has 4 nitrogen and oxygen atoms in total. The number of carboxylic acids is 1. The normalized spacial score (nSPS) is 11.1. The first kappa shape index (κ1) is 12.8. The third kappa shape index (κ3) is 3.35. The van der Waals surface area contributed by atoms with Gasteiger partial charge in [-0.25, -0.2) is 4.79 Å². The predicted molar refractivity (Wildman–Crippen MR) is 65.0 cm³/mol. The maximum atomic E-state index is 11.6. The highest BCUT2D eigenvalue weighted by molar-refractivity contribution is 9.40. The zero-order valence-electron chi connectivity index (χ0n) is 7.08. The molecule has 0 aliphatic rings. The van der Waals surface area contributed by atoms with Gasteiger partial charge in [-0.15, -0.1) is 0 Å². The van der Waals surface area contributed by atoms with Crippen LogP contribution in [0.25, 0.3) is 0 Å². The van der Waals surface area contributed by atoms with Crippen molar-refractivity contribution in [1.29, 1.82) is 0 Å². The summed E-state index contributed by atoms with van der Waals surface area (Å²) in [7, 11) is 0. The summed E-state index contributed by atoms with van der Waals surface area (Å²) in [5.41, 5.74) is 0.196. The molecule has 0 saturated heterocycles. The van der Waals surface area contributed by atoms with Gasteiger partial charge in [-0.1, -0.05) is 47.8 Å². The van der Waals surface area contributed by atoms with Crippen LogP contribution in [0.1, 0.15) is 20.8 Å². The molecule has 1 aromatic heterocycles. The number of carbonyl (C=O) groups excluding carboxylic acids is 1. The van der Waals surface area contributed by atoms with E-state index in [4.69, 9.17) is 5.11 Å². The second-order valence-corrected chi connectivity index (χ2v) is 9.33. The van der Waals surface area contributed by atoms with E-state index in [0.29, 0.717) is 0 Å². The molecule has 15 heavy (non-hydrogen) atoms. The molecular formula is C8H4Br3NO3. The lowest BCUT2D eigenvalue weighted by atomic mass is 10.2. The Bertz CT molecular complexity index is 397. The number of carboxylic acid groups (broad SMARTS) is 1. The third-order valence-corrected chi connectivity index (χ3v) is 2.58. The molecule has 0 aliphatic heterocycles. The molecule has 1 aromatic rings. The molecule has 0 aromatic carbocycles. The smallest absolute Gasteiger partial charge is 0.337 e. The minimum absolute atomic E-state index is 0.0378. The van der Waals surface area contributed by atoms with Gasteiger partial charge in [0.2, 0.25) is 5.78 Å². The molecule has 1 rings (SSSR count). The maximum Gasteiger partial charge on any atom is 0.337 e. The largest absolute Gasteiger partial charge is 0.478 e. The summed E-state index contributed by atoms with van der Waals surface area (Å²) in [6.07, 6.45) is 1.13. The van der Waals surface area contributed by atoms with E-state index in [-0.39, 0.29) is 17.0 Å². The van der Waals surface area contributed by atoms with Crippen molar-refractivity contribution in [2.24, 2.45) is 0 Å².